The molecule has 2 N–H and O–H groups in total. The summed E-state index contributed by atoms with van der Waals surface area (Å²) < 4.78 is 26.1. The van der Waals surface area contributed by atoms with E-state index in [2.05, 4.69) is 4.72 Å². The maximum atomic E-state index is 11.9. The average molecular weight is 279 g/mol. The van der Waals surface area contributed by atoms with Crippen LogP contribution in [0.25, 0.3) is 0 Å². The van der Waals surface area contributed by atoms with Gasteiger partial charge in [0.1, 0.15) is 5.54 Å². The topological polar surface area (TPSA) is 83.5 Å². The van der Waals surface area contributed by atoms with E-state index >= 15 is 0 Å². The summed E-state index contributed by atoms with van der Waals surface area (Å²) in [5.74, 6) is -1.19. The number of sulfonamides is 1. The first kappa shape index (κ1) is 17.4. The number of hydrogen-bond donors (Lipinski definition) is 2. The van der Waals surface area contributed by atoms with Gasteiger partial charge in [-0.3, -0.25) is 4.79 Å². The van der Waals surface area contributed by atoms with Crippen molar-refractivity contribution in [1.29, 1.82) is 0 Å². The molecule has 0 fully saturated rings. The lowest BCUT2D eigenvalue weighted by Crippen LogP contribution is -2.52. The minimum absolute atomic E-state index is 0.0525. The van der Waals surface area contributed by atoms with Crippen LogP contribution in [-0.2, 0) is 14.8 Å². The second-order valence-electron chi connectivity index (χ2n) is 6.12. The fourth-order valence-corrected chi connectivity index (χ4v) is 3.40. The Kier molecular flexibility index (Phi) is 5.81. The lowest BCUT2D eigenvalue weighted by molar-refractivity contribution is -0.143. The van der Waals surface area contributed by atoms with Crippen molar-refractivity contribution in [3.63, 3.8) is 0 Å². The number of carboxylic acids is 1. The summed E-state index contributed by atoms with van der Waals surface area (Å²) >= 11 is 0. The van der Waals surface area contributed by atoms with Gasteiger partial charge in [0.25, 0.3) is 0 Å². The van der Waals surface area contributed by atoms with E-state index in [9.17, 15) is 13.2 Å². The molecule has 108 valence electrons. The minimum Gasteiger partial charge on any atom is -0.480 e. The fourth-order valence-electron chi connectivity index (χ4n) is 1.54. The van der Waals surface area contributed by atoms with Gasteiger partial charge in [0, 0.05) is 0 Å². The number of carbonyl (C=O) groups is 1. The van der Waals surface area contributed by atoms with Crippen molar-refractivity contribution < 1.29 is 18.3 Å². The monoisotopic (exact) mass is 279 g/mol. The van der Waals surface area contributed by atoms with Crippen LogP contribution in [0.15, 0.2) is 0 Å². The summed E-state index contributed by atoms with van der Waals surface area (Å²) in [6.45, 7) is 9.08. The van der Waals surface area contributed by atoms with Gasteiger partial charge in [-0.2, -0.15) is 4.72 Å². The molecule has 1 atom stereocenters. The molecule has 0 aliphatic heterocycles. The van der Waals surface area contributed by atoms with Crippen LogP contribution in [0.1, 0.15) is 53.9 Å². The summed E-state index contributed by atoms with van der Waals surface area (Å²) in [5.41, 5.74) is -1.51. The van der Waals surface area contributed by atoms with Crippen molar-refractivity contribution in [3.05, 3.63) is 0 Å². The van der Waals surface area contributed by atoms with E-state index in [0.717, 1.165) is 0 Å². The van der Waals surface area contributed by atoms with Crippen LogP contribution in [0.2, 0.25) is 0 Å². The van der Waals surface area contributed by atoms with Crippen molar-refractivity contribution in [2.24, 2.45) is 5.41 Å². The smallest absolute Gasteiger partial charge is 0.324 e. The maximum Gasteiger partial charge on any atom is 0.324 e. The Bertz CT molecular complexity index is 383. The van der Waals surface area contributed by atoms with Crippen molar-refractivity contribution >= 4 is 16.0 Å². The molecular weight excluding hydrogens is 254 g/mol. The van der Waals surface area contributed by atoms with E-state index in [-0.39, 0.29) is 17.6 Å². The van der Waals surface area contributed by atoms with Gasteiger partial charge in [-0.05, 0) is 25.2 Å². The molecule has 0 saturated heterocycles. The first-order valence-corrected chi connectivity index (χ1v) is 7.82. The summed E-state index contributed by atoms with van der Waals surface area (Å²) in [6, 6.07) is 0. The second kappa shape index (κ2) is 6.02. The van der Waals surface area contributed by atoms with Crippen molar-refractivity contribution in [2.75, 3.05) is 5.75 Å². The third kappa shape index (κ3) is 6.35. The Morgan fingerprint density at radius 1 is 1.17 bits per heavy atom. The first-order chi connectivity index (χ1) is 7.92. The highest BCUT2D eigenvalue weighted by atomic mass is 32.2. The van der Waals surface area contributed by atoms with Crippen LogP contribution >= 0.6 is 0 Å². The summed E-state index contributed by atoms with van der Waals surface area (Å²) in [4.78, 5) is 11.2. The largest absolute Gasteiger partial charge is 0.480 e. The standard InChI is InChI=1S/C12H25NO4S/c1-6-7-12(5,10(14)15)13-18(16,17)9-8-11(2,3)4/h13H,6-9H2,1-5H3,(H,14,15). The second-order valence-corrected chi connectivity index (χ2v) is 7.96. The molecule has 0 radical (unpaired) electrons. The first-order valence-electron chi connectivity index (χ1n) is 6.17. The summed E-state index contributed by atoms with van der Waals surface area (Å²) in [7, 11) is -3.57. The lowest BCUT2D eigenvalue weighted by atomic mass is 9.94. The molecule has 5 nitrogen and oxygen atoms in total. The van der Waals surface area contributed by atoms with Gasteiger partial charge >= 0.3 is 5.97 Å². The quantitative estimate of drug-likeness (QED) is 0.746. The highest BCUT2D eigenvalue weighted by Gasteiger charge is 2.36. The van der Waals surface area contributed by atoms with Crippen LogP contribution in [0.5, 0.6) is 0 Å². The normalized spacial score (nSPS) is 16.3. The molecular formula is C12H25NO4S. The number of carboxylic acid groups (broad SMARTS) is 1. The Morgan fingerprint density at radius 3 is 2.00 bits per heavy atom. The molecule has 0 spiro atoms. The Balaban J connectivity index is 4.78. The van der Waals surface area contributed by atoms with Gasteiger partial charge in [-0.25, -0.2) is 8.42 Å². The molecule has 0 heterocycles. The number of aliphatic carboxylic acids is 1. The molecule has 0 aromatic rings. The molecule has 0 rings (SSSR count). The molecule has 18 heavy (non-hydrogen) atoms. The molecule has 0 saturated carbocycles. The summed E-state index contributed by atoms with van der Waals surface area (Å²) in [6.07, 6.45) is 1.37. The zero-order valence-electron chi connectivity index (χ0n) is 11.9. The molecule has 0 aromatic heterocycles. The lowest BCUT2D eigenvalue weighted by Gasteiger charge is -2.26. The molecule has 0 aromatic carbocycles. The van der Waals surface area contributed by atoms with Crippen molar-refractivity contribution in [1.82, 2.24) is 4.72 Å². The molecule has 0 bridgehead atoms. The fraction of sp³-hybridized carbons (Fsp3) is 0.917. The molecule has 0 aliphatic carbocycles. The zero-order chi connectivity index (χ0) is 14.6. The average Bonchev–Trinajstić information content (AvgIpc) is 2.13. The van der Waals surface area contributed by atoms with Crippen molar-refractivity contribution in [2.45, 2.75) is 59.4 Å². The molecule has 0 amide bonds. The predicted molar refractivity (Wildman–Crippen MR) is 71.9 cm³/mol. The minimum atomic E-state index is -3.57. The van der Waals surface area contributed by atoms with Crippen molar-refractivity contribution in [3.8, 4) is 0 Å². The van der Waals surface area contributed by atoms with E-state index in [1.807, 2.05) is 27.7 Å². The van der Waals surface area contributed by atoms with E-state index in [1.165, 1.54) is 6.92 Å². The van der Waals surface area contributed by atoms with Gasteiger partial charge in [-0.1, -0.05) is 34.1 Å². The van der Waals surface area contributed by atoms with Gasteiger partial charge < -0.3 is 5.11 Å². The van der Waals surface area contributed by atoms with Gasteiger partial charge in [0.2, 0.25) is 10.0 Å². The van der Waals surface area contributed by atoms with E-state index in [4.69, 9.17) is 5.11 Å². The predicted octanol–water partition coefficient (Wildman–Crippen LogP) is 1.99. The third-order valence-corrected chi connectivity index (χ3v) is 4.23. The highest BCUT2D eigenvalue weighted by molar-refractivity contribution is 7.89. The number of rotatable bonds is 7. The summed E-state index contributed by atoms with van der Waals surface area (Å²) in [5, 5.41) is 9.13. The van der Waals surface area contributed by atoms with Crippen LogP contribution in [0.4, 0.5) is 0 Å². The van der Waals surface area contributed by atoms with E-state index < -0.39 is 21.5 Å². The van der Waals surface area contributed by atoms with Gasteiger partial charge in [0.15, 0.2) is 0 Å². The van der Waals surface area contributed by atoms with E-state index in [0.29, 0.717) is 12.8 Å². The highest BCUT2D eigenvalue weighted by Crippen LogP contribution is 2.20. The van der Waals surface area contributed by atoms with Crippen LogP contribution < -0.4 is 4.72 Å². The van der Waals surface area contributed by atoms with Gasteiger partial charge in [-0.15, -0.1) is 0 Å². The number of nitrogens with one attached hydrogen (secondary N) is 1. The Hall–Kier alpha value is -0.620. The molecule has 6 heteroatoms. The van der Waals surface area contributed by atoms with Gasteiger partial charge in [0.05, 0.1) is 5.75 Å². The zero-order valence-corrected chi connectivity index (χ0v) is 12.7. The third-order valence-electron chi connectivity index (χ3n) is 2.72. The number of hydrogen-bond acceptors (Lipinski definition) is 3. The van der Waals surface area contributed by atoms with Crippen LogP contribution in [0.3, 0.4) is 0 Å². The Labute approximate surface area is 110 Å². The SMILES string of the molecule is CCCC(C)(NS(=O)(=O)CCC(C)(C)C)C(=O)O. The molecule has 1 unspecified atom stereocenters. The van der Waals surface area contributed by atoms with Crippen LogP contribution in [0, 0.1) is 5.41 Å². The Morgan fingerprint density at radius 2 is 1.67 bits per heavy atom. The molecule has 0 aliphatic rings. The maximum absolute atomic E-state index is 11.9. The van der Waals surface area contributed by atoms with Crippen LogP contribution in [-0.4, -0.2) is 30.8 Å². The van der Waals surface area contributed by atoms with E-state index in [1.54, 1.807) is 0 Å².